The highest BCUT2D eigenvalue weighted by molar-refractivity contribution is 5.88. The molecule has 6 rings (SSSR count). The summed E-state index contributed by atoms with van der Waals surface area (Å²) in [6.45, 7) is 4.67. The third kappa shape index (κ3) is 1.90. The summed E-state index contributed by atoms with van der Waals surface area (Å²) in [7, 11) is 0. The third-order valence-corrected chi connectivity index (χ3v) is 5.90. The van der Waals surface area contributed by atoms with E-state index in [1.807, 2.05) is 0 Å². The van der Waals surface area contributed by atoms with Crippen molar-refractivity contribution in [2.75, 3.05) is 18.4 Å². The van der Waals surface area contributed by atoms with Crippen LogP contribution in [0.25, 0.3) is 11.0 Å². The summed E-state index contributed by atoms with van der Waals surface area (Å²) in [6, 6.07) is 6.88. The number of benzene rings is 1. The number of nitrogens with one attached hydrogen (secondary N) is 1. The van der Waals surface area contributed by atoms with Gasteiger partial charge >= 0.3 is 0 Å². The van der Waals surface area contributed by atoms with Gasteiger partial charge in [-0.2, -0.15) is 0 Å². The Balaban J connectivity index is 0.00000125. The van der Waals surface area contributed by atoms with Gasteiger partial charge in [-0.05, 0) is 69.3 Å². The summed E-state index contributed by atoms with van der Waals surface area (Å²) >= 11 is 0. The maximum absolute atomic E-state index is 5.51. The van der Waals surface area contributed by atoms with Crippen LogP contribution in [0.15, 0.2) is 22.7 Å². The standard InChI is InChI=1S/C17H21N3O.ClH/c1-11-2-3-13-14(10-11)21-19-16(13)18-15-12-4-8-20(9-5-12)17(15)6-7-17;/h2-3,10,12,15H,4-9H2,1H3,(H,18,19);1H/t15-;/m1./s1. The van der Waals surface area contributed by atoms with Gasteiger partial charge in [0.25, 0.3) is 0 Å². The maximum Gasteiger partial charge on any atom is 0.177 e. The zero-order valence-corrected chi connectivity index (χ0v) is 13.7. The number of aromatic nitrogens is 1. The molecule has 1 N–H and O–H groups in total. The number of nitrogens with zero attached hydrogens (tertiary/aromatic N) is 2. The average molecular weight is 320 g/mol. The SMILES string of the molecule is Cc1ccc2c(N[C@@H]3C4CCN(CC4)C34CC4)noc2c1.Cl. The summed E-state index contributed by atoms with van der Waals surface area (Å²) in [4.78, 5) is 2.72. The Bertz CT molecular complexity index is 701. The Morgan fingerprint density at radius 1 is 1.27 bits per heavy atom. The second-order valence-electron chi connectivity index (χ2n) is 7.08. The van der Waals surface area contributed by atoms with Crippen molar-refractivity contribution in [3.8, 4) is 0 Å². The van der Waals surface area contributed by atoms with E-state index in [0.717, 1.165) is 22.7 Å². The van der Waals surface area contributed by atoms with E-state index in [9.17, 15) is 0 Å². The number of fused-ring (bicyclic) bond motifs is 3. The van der Waals surface area contributed by atoms with Crippen LogP contribution in [0.1, 0.15) is 31.2 Å². The first-order chi connectivity index (χ1) is 10.3. The molecule has 4 nitrogen and oxygen atoms in total. The lowest BCUT2D eigenvalue weighted by molar-refractivity contribution is 0.0202. The van der Waals surface area contributed by atoms with Crippen LogP contribution in [0, 0.1) is 12.8 Å². The molecule has 4 aliphatic rings. The van der Waals surface area contributed by atoms with Gasteiger partial charge < -0.3 is 9.84 Å². The van der Waals surface area contributed by atoms with Gasteiger partial charge in [0, 0.05) is 11.6 Å². The number of hydrogen-bond acceptors (Lipinski definition) is 4. The van der Waals surface area contributed by atoms with Crippen LogP contribution in [-0.2, 0) is 0 Å². The second kappa shape index (κ2) is 4.87. The number of aryl methyl sites for hydroxylation is 1. The fourth-order valence-electron chi connectivity index (χ4n) is 4.62. The molecular formula is C17H22ClN3O. The first kappa shape index (κ1) is 14.3. The topological polar surface area (TPSA) is 41.3 Å². The maximum atomic E-state index is 5.51. The summed E-state index contributed by atoms with van der Waals surface area (Å²) in [6.07, 6.45) is 5.34. The van der Waals surface area contributed by atoms with Gasteiger partial charge in [0.2, 0.25) is 0 Å². The second-order valence-corrected chi connectivity index (χ2v) is 7.08. The molecule has 0 radical (unpaired) electrons. The van der Waals surface area contributed by atoms with E-state index in [4.69, 9.17) is 4.52 Å². The van der Waals surface area contributed by atoms with Gasteiger partial charge in [-0.25, -0.2) is 0 Å². The number of piperidine rings is 3. The molecule has 0 amide bonds. The predicted molar refractivity (Wildman–Crippen MR) is 89.7 cm³/mol. The molecule has 5 heteroatoms. The van der Waals surface area contributed by atoms with E-state index in [2.05, 4.69) is 40.5 Å². The minimum absolute atomic E-state index is 0. The van der Waals surface area contributed by atoms with E-state index < -0.39 is 0 Å². The summed E-state index contributed by atoms with van der Waals surface area (Å²) in [5, 5.41) is 9.18. The van der Waals surface area contributed by atoms with Crippen molar-refractivity contribution in [1.29, 1.82) is 0 Å². The average Bonchev–Trinajstić information content (AvgIpc) is 3.19. The Morgan fingerprint density at radius 3 is 2.77 bits per heavy atom. The number of halogens is 1. The Hall–Kier alpha value is -1.26. The molecule has 22 heavy (non-hydrogen) atoms. The number of rotatable bonds is 2. The molecule has 1 spiro atoms. The molecule has 0 unspecified atom stereocenters. The molecule has 118 valence electrons. The Labute approximate surface area is 136 Å². The molecule has 4 heterocycles. The molecule has 4 fully saturated rings. The van der Waals surface area contributed by atoms with E-state index in [-0.39, 0.29) is 12.4 Å². The van der Waals surface area contributed by atoms with Gasteiger partial charge in [0.1, 0.15) is 0 Å². The van der Waals surface area contributed by atoms with Crippen LogP contribution in [0.2, 0.25) is 0 Å². The smallest absolute Gasteiger partial charge is 0.177 e. The molecule has 1 aromatic carbocycles. The van der Waals surface area contributed by atoms with E-state index in [1.54, 1.807) is 0 Å². The van der Waals surface area contributed by atoms with Crippen molar-refractivity contribution < 1.29 is 4.52 Å². The molecule has 3 saturated heterocycles. The number of hydrogen-bond donors (Lipinski definition) is 1. The largest absolute Gasteiger partial charge is 0.362 e. The minimum Gasteiger partial charge on any atom is -0.362 e. The van der Waals surface area contributed by atoms with Crippen LogP contribution < -0.4 is 5.32 Å². The summed E-state index contributed by atoms with van der Waals surface area (Å²) in [5.74, 6) is 1.74. The molecular weight excluding hydrogens is 298 g/mol. The third-order valence-electron chi connectivity index (χ3n) is 5.90. The van der Waals surface area contributed by atoms with Gasteiger partial charge in [0.05, 0.1) is 5.39 Å². The van der Waals surface area contributed by atoms with E-state index in [1.165, 1.54) is 44.3 Å². The van der Waals surface area contributed by atoms with E-state index in [0.29, 0.717) is 11.6 Å². The lowest BCUT2D eigenvalue weighted by atomic mass is 9.77. The van der Waals surface area contributed by atoms with Crippen molar-refractivity contribution in [3.05, 3.63) is 23.8 Å². The molecule has 3 aliphatic heterocycles. The first-order valence-electron chi connectivity index (χ1n) is 8.14. The van der Waals surface area contributed by atoms with Crippen LogP contribution in [0.4, 0.5) is 5.82 Å². The van der Waals surface area contributed by atoms with Gasteiger partial charge in [-0.3, -0.25) is 4.90 Å². The summed E-state index contributed by atoms with van der Waals surface area (Å²) < 4.78 is 5.51. The van der Waals surface area contributed by atoms with Crippen molar-refractivity contribution >= 4 is 29.2 Å². The normalized spacial score (nSPS) is 31.2. The minimum atomic E-state index is 0. The Morgan fingerprint density at radius 2 is 2.05 bits per heavy atom. The van der Waals surface area contributed by atoms with Crippen LogP contribution in [0.3, 0.4) is 0 Å². The van der Waals surface area contributed by atoms with Gasteiger partial charge in [0.15, 0.2) is 11.4 Å². The highest BCUT2D eigenvalue weighted by Crippen LogP contribution is 2.54. The van der Waals surface area contributed by atoms with Gasteiger partial charge in [-0.15, -0.1) is 12.4 Å². The fraction of sp³-hybridized carbons (Fsp3) is 0.588. The lowest BCUT2D eigenvalue weighted by Crippen LogP contribution is -2.62. The highest BCUT2D eigenvalue weighted by Gasteiger charge is 2.60. The van der Waals surface area contributed by atoms with Crippen molar-refractivity contribution in [2.45, 2.75) is 44.2 Å². The molecule has 1 atom stereocenters. The molecule has 2 aromatic rings. The highest BCUT2D eigenvalue weighted by atomic mass is 35.5. The fourth-order valence-corrected chi connectivity index (χ4v) is 4.62. The zero-order chi connectivity index (χ0) is 14.0. The summed E-state index contributed by atoms with van der Waals surface area (Å²) in [5.41, 5.74) is 2.53. The van der Waals surface area contributed by atoms with Gasteiger partial charge in [-0.1, -0.05) is 11.2 Å². The van der Waals surface area contributed by atoms with Crippen molar-refractivity contribution in [2.24, 2.45) is 5.92 Å². The molecule has 2 bridgehead atoms. The van der Waals surface area contributed by atoms with Crippen molar-refractivity contribution in [1.82, 2.24) is 10.1 Å². The van der Waals surface area contributed by atoms with Crippen molar-refractivity contribution in [3.63, 3.8) is 0 Å². The van der Waals surface area contributed by atoms with Crippen LogP contribution in [0.5, 0.6) is 0 Å². The lowest BCUT2D eigenvalue weighted by Gasteiger charge is -2.52. The molecule has 1 aromatic heterocycles. The zero-order valence-electron chi connectivity index (χ0n) is 12.8. The van der Waals surface area contributed by atoms with Crippen LogP contribution in [-0.4, -0.2) is 34.7 Å². The molecule has 1 aliphatic carbocycles. The molecule has 1 saturated carbocycles. The van der Waals surface area contributed by atoms with E-state index >= 15 is 0 Å². The van der Waals surface area contributed by atoms with Crippen LogP contribution >= 0.6 is 12.4 Å². The first-order valence-corrected chi connectivity index (χ1v) is 8.14. The monoisotopic (exact) mass is 319 g/mol. The predicted octanol–water partition coefficient (Wildman–Crippen LogP) is 3.60. The Kier molecular flexibility index (Phi) is 3.17. The quantitative estimate of drug-likeness (QED) is 0.918. The number of anilines is 1.